The second kappa shape index (κ2) is 6.55. The predicted octanol–water partition coefficient (Wildman–Crippen LogP) is 2.56. The smallest absolute Gasteiger partial charge is 0.222 e. The number of likely N-dealkylation sites (tertiary alicyclic amines) is 1. The van der Waals surface area contributed by atoms with Crippen molar-refractivity contribution < 1.29 is 4.79 Å². The van der Waals surface area contributed by atoms with Gasteiger partial charge in [-0.3, -0.25) is 4.79 Å². The summed E-state index contributed by atoms with van der Waals surface area (Å²) in [5, 5.41) is 3.53. The fraction of sp³-hybridized carbons (Fsp3) is 0.933. The summed E-state index contributed by atoms with van der Waals surface area (Å²) in [6.45, 7) is 6.56. The van der Waals surface area contributed by atoms with Crippen molar-refractivity contribution in [2.24, 2.45) is 5.92 Å². The lowest BCUT2D eigenvalue weighted by molar-refractivity contribution is -0.135. The van der Waals surface area contributed by atoms with Crippen molar-refractivity contribution in [2.45, 2.75) is 70.9 Å². The molecule has 104 valence electrons. The van der Waals surface area contributed by atoms with Gasteiger partial charge in [0.15, 0.2) is 0 Å². The topological polar surface area (TPSA) is 32.3 Å². The molecule has 2 saturated heterocycles. The Morgan fingerprint density at radius 1 is 1.22 bits per heavy atom. The molecule has 3 heteroatoms. The van der Waals surface area contributed by atoms with Crippen molar-refractivity contribution in [3.63, 3.8) is 0 Å². The largest absolute Gasteiger partial charge is 0.340 e. The van der Waals surface area contributed by atoms with Gasteiger partial charge in [0.2, 0.25) is 5.91 Å². The lowest BCUT2D eigenvalue weighted by Gasteiger charge is -2.37. The van der Waals surface area contributed by atoms with Crippen molar-refractivity contribution >= 4 is 5.91 Å². The van der Waals surface area contributed by atoms with Gasteiger partial charge in [0.05, 0.1) is 0 Å². The van der Waals surface area contributed by atoms with Gasteiger partial charge in [-0.15, -0.1) is 0 Å². The van der Waals surface area contributed by atoms with Crippen LogP contribution in [0.5, 0.6) is 0 Å². The quantitative estimate of drug-likeness (QED) is 0.837. The van der Waals surface area contributed by atoms with Gasteiger partial charge in [0.25, 0.3) is 0 Å². The molecule has 18 heavy (non-hydrogen) atoms. The van der Waals surface area contributed by atoms with E-state index < -0.39 is 0 Å². The molecule has 0 aliphatic carbocycles. The van der Waals surface area contributed by atoms with Crippen LogP contribution in [0.3, 0.4) is 0 Å². The molecule has 0 aromatic heterocycles. The molecule has 2 aliphatic heterocycles. The Hall–Kier alpha value is -0.570. The van der Waals surface area contributed by atoms with Gasteiger partial charge in [-0.2, -0.15) is 0 Å². The summed E-state index contributed by atoms with van der Waals surface area (Å²) in [6.07, 6.45) is 8.07. The van der Waals surface area contributed by atoms with E-state index in [4.69, 9.17) is 0 Å². The van der Waals surface area contributed by atoms with Gasteiger partial charge >= 0.3 is 0 Å². The van der Waals surface area contributed by atoms with Gasteiger partial charge in [-0.05, 0) is 51.5 Å². The fourth-order valence-corrected chi connectivity index (χ4v) is 3.25. The van der Waals surface area contributed by atoms with Crippen LogP contribution < -0.4 is 5.32 Å². The van der Waals surface area contributed by atoms with Gasteiger partial charge in [-0.1, -0.05) is 13.3 Å². The van der Waals surface area contributed by atoms with Crippen LogP contribution in [0.2, 0.25) is 0 Å². The minimum absolute atomic E-state index is 0.376. The summed E-state index contributed by atoms with van der Waals surface area (Å²) >= 11 is 0. The van der Waals surface area contributed by atoms with Crippen LogP contribution >= 0.6 is 0 Å². The van der Waals surface area contributed by atoms with Gasteiger partial charge < -0.3 is 10.2 Å². The summed E-state index contributed by atoms with van der Waals surface area (Å²) in [5.74, 6) is 1.05. The SMILES string of the molecule is CC1CCC(C)N(C(=O)CCC2CCCCN2)C1. The monoisotopic (exact) mass is 252 g/mol. The van der Waals surface area contributed by atoms with Crippen LogP contribution in [0.1, 0.15) is 58.8 Å². The van der Waals surface area contributed by atoms with E-state index in [2.05, 4.69) is 24.1 Å². The van der Waals surface area contributed by atoms with E-state index in [-0.39, 0.29) is 0 Å². The lowest BCUT2D eigenvalue weighted by Crippen LogP contribution is -2.45. The molecule has 3 atom stereocenters. The normalized spacial score (nSPS) is 33.4. The molecule has 0 spiro atoms. The number of carbonyl (C=O) groups excluding carboxylic acids is 1. The van der Waals surface area contributed by atoms with E-state index in [0.29, 0.717) is 23.9 Å². The van der Waals surface area contributed by atoms with Crippen molar-refractivity contribution in [1.82, 2.24) is 10.2 Å². The number of rotatable bonds is 3. The Bertz CT molecular complexity index is 274. The average Bonchev–Trinajstić information content (AvgIpc) is 2.40. The predicted molar refractivity (Wildman–Crippen MR) is 74.4 cm³/mol. The molecule has 3 nitrogen and oxygen atoms in total. The zero-order valence-corrected chi connectivity index (χ0v) is 12.0. The zero-order chi connectivity index (χ0) is 13.0. The maximum absolute atomic E-state index is 12.3. The first-order valence-corrected chi connectivity index (χ1v) is 7.69. The minimum Gasteiger partial charge on any atom is -0.340 e. The van der Waals surface area contributed by atoms with E-state index in [1.54, 1.807) is 0 Å². The number of piperidine rings is 2. The molecule has 0 radical (unpaired) electrons. The van der Waals surface area contributed by atoms with Crippen LogP contribution in [0, 0.1) is 5.92 Å². The molecule has 3 unspecified atom stereocenters. The summed E-state index contributed by atoms with van der Waals surface area (Å²) in [5.41, 5.74) is 0. The second-order valence-corrected chi connectivity index (χ2v) is 6.26. The highest BCUT2D eigenvalue weighted by atomic mass is 16.2. The number of nitrogens with one attached hydrogen (secondary N) is 1. The number of hydrogen-bond donors (Lipinski definition) is 1. The molecule has 2 heterocycles. The summed E-state index contributed by atoms with van der Waals surface area (Å²) in [7, 11) is 0. The Morgan fingerprint density at radius 2 is 2.06 bits per heavy atom. The van der Waals surface area contributed by atoms with Gasteiger partial charge in [0.1, 0.15) is 0 Å². The lowest BCUT2D eigenvalue weighted by atomic mass is 9.94. The molecule has 0 saturated carbocycles. The summed E-state index contributed by atoms with van der Waals surface area (Å²) in [4.78, 5) is 14.4. The van der Waals surface area contributed by atoms with E-state index in [1.807, 2.05) is 0 Å². The molecular weight excluding hydrogens is 224 g/mol. The highest BCUT2D eigenvalue weighted by Crippen LogP contribution is 2.23. The van der Waals surface area contributed by atoms with Crippen molar-refractivity contribution in [3.8, 4) is 0 Å². The Labute approximate surface area is 111 Å². The van der Waals surface area contributed by atoms with Crippen LogP contribution in [0.15, 0.2) is 0 Å². The first kappa shape index (κ1) is 13.9. The molecule has 1 N–H and O–H groups in total. The third kappa shape index (κ3) is 3.71. The van der Waals surface area contributed by atoms with Crippen molar-refractivity contribution in [1.29, 1.82) is 0 Å². The second-order valence-electron chi connectivity index (χ2n) is 6.26. The molecule has 2 fully saturated rings. The van der Waals surface area contributed by atoms with Crippen LogP contribution in [-0.4, -0.2) is 36.0 Å². The average molecular weight is 252 g/mol. The Morgan fingerprint density at radius 3 is 2.78 bits per heavy atom. The van der Waals surface area contributed by atoms with Gasteiger partial charge in [-0.25, -0.2) is 0 Å². The zero-order valence-electron chi connectivity index (χ0n) is 12.0. The highest BCUT2D eigenvalue weighted by Gasteiger charge is 2.27. The van der Waals surface area contributed by atoms with E-state index in [0.717, 1.165) is 25.9 Å². The maximum Gasteiger partial charge on any atom is 0.222 e. The molecule has 0 bridgehead atoms. The Balaban J connectivity index is 1.75. The molecular formula is C15H28N2O. The van der Waals surface area contributed by atoms with Crippen LogP contribution in [0.4, 0.5) is 0 Å². The van der Waals surface area contributed by atoms with Crippen molar-refractivity contribution in [2.75, 3.05) is 13.1 Å². The van der Waals surface area contributed by atoms with Crippen LogP contribution in [-0.2, 0) is 4.79 Å². The summed E-state index contributed by atoms with van der Waals surface area (Å²) < 4.78 is 0. The van der Waals surface area contributed by atoms with Crippen LogP contribution in [0.25, 0.3) is 0 Å². The molecule has 0 aromatic carbocycles. The highest BCUT2D eigenvalue weighted by molar-refractivity contribution is 5.76. The van der Waals surface area contributed by atoms with E-state index in [1.165, 1.54) is 32.1 Å². The molecule has 2 rings (SSSR count). The maximum atomic E-state index is 12.3. The van der Waals surface area contributed by atoms with E-state index in [9.17, 15) is 4.79 Å². The first-order chi connectivity index (χ1) is 8.66. The standard InChI is InChI=1S/C15H28N2O/c1-12-6-7-13(2)17(11-12)15(18)9-8-14-5-3-4-10-16-14/h12-14,16H,3-11H2,1-2H3. The minimum atomic E-state index is 0.376. The Kier molecular flexibility index (Phi) is 5.04. The third-order valence-corrected chi connectivity index (χ3v) is 4.56. The third-order valence-electron chi connectivity index (χ3n) is 4.56. The first-order valence-electron chi connectivity index (χ1n) is 7.69. The van der Waals surface area contributed by atoms with E-state index >= 15 is 0 Å². The number of hydrogen-bond acceptors (Lipinski definition) is 2. The number of carbonyl (C=O) groups is 1. The fourth-order valence-electron chi connectivity index (χ4n) is 3.25. The van der Waals surface area contributed by atoms with Gasteiger partial charge in [0, 0.05) is 25.0 Å². The number of amides is 1. The number of nitrogens with zero attached hydrogens (tertiary/aromatic N) is 1. The summed E-state index contributed by atoms with van der Waals surface area (Å²) in [6, 6.07) is 1.04. The molecule has 2 aliphatic rings. The molecule has 1 amide bonds. The van der Waals surface area contributed by atoms with Crippen molar-refractivity contribution in [3.05, 3.63) is 0 Å². The molecule has 0 aromatic rings.